The molecule has 5 nitrogen and oxygen atoms in total. The van der Waals surface area contributed by atoms with Gasteiger partial charge in [-0.1, -0.05) is 12.1 Å². The fourth-order valence-corrected chi connectivity index (χ4v) is 3.99. The first-order chi connectivity index (χ1) is 14.7. The van der Waals surface area contributed by atoms with E-state index in [0.29, 0.717) is 11.6 Å². The highest BCUT2D eigenvalue weighted by Crippen LogP contribution is 2.37. The lowest BCUT2D eigenvalue weighted by Crippen LogP contribution is -2.53. The molecule has 2 heterocycles. The van der Waals surface area contributed by atoms with Gasteiger partial charge in [0.1, 0.15) is 17.9 Å². The van der Waals surface area contributed by atoms with Crippen molar-refractivity contribution in [2.75, 3.05) is 6.61 Å². The molecule has 0 radical (unpaired) electrons. The van der Waals surface area contributed by atoms with Crippen molar-refractivity contribution in [1.82, 2.24) is 9.88 Å². The highest BCUT2D eigenvalue weighted by Gasteiger charge is 2.40. The maximum atomic E-state index is 13.1. The Kier molecular flexibility index (Phi) is 6.36. The lowest BCUT2D eigenvalue weighted by atomic mass is 9.79. The molecule has 1 saturated heterocycles. The fourth-order valence-electron chi connectivity index (χ4n) is 3.99. The molecule has 2 N–H and O–H groups in total. The molecule has 176 valence electrons. The van der Waals surface area contributed by atoms with Gasteiger partial charge >= 0.3 is 12.4 Å². The summed E-state index contributed by atoms with van der Waals surface area (Å²) in [5, 5.41) is 14.3. The van der Waals surface area contributed by atoms with E-state index >= 15 is 0 Å². The van der Waals surface area contributed by atoms with Crippen LogP contribution in [0.3, 0.4) is 0 Å². The van der Waals surface area contributed by atoms with Crippen LogP contribution in [0.1, 0.15) is 36.5 Å². The van der Waals surface area contributed by atoms with Gasteiger partial charge in [-0.3, -0.25) is 4.79 Å². The number of nitrogens with zero attached hydrogens (tertiary/aromatic N) is 1. The van der Waals surface area contributed by atoms with E-state index in [1.54, 1.807) is 6.92 Å². The lowest BCUT2D eigenvalue weighted by molar-refractivity contribution is -0.139. The number of nitrogens with one attached hydrogen (secondary N) is 1. The zero-order chi connectivity index (χ0) is 23.9. The van der Waals surface area contributed by atoms with Gasteiger partial charge in [-0.05, 0) is 43.5 Å². The average molecular weight is 464 g/mol. The van der Waals surface area contributed by atoms with Gasteiger partial charge < -0.3 is 19.7 Å². The first-order valence-electron chi connectivity index (χ1n) is 9.76. The van der Waals surface area contributed by atoms with Crippen molar-refractivity contribution in [3.8, 4) is 5.75 Å². The van der Waals surface area contributed by atoms with Gasteiger partial charge in [0.25, 0.3) is 5.56 Å². The van der Waals surface area contributed by atoms with Crippen LogP contribution in [0.5, 0.6) is 5.75 Å². The lowest BCUT2D eigenvalue weighted by Gasteiger charge is -2.41. The minimum Gasteiger partial charge on any atom is -0.490 e. The monoisotopic (exact) mass is 464 g/mol. The van der Waals surface area contributed by atoms with Crippen molar-refractivity contribution in [2.24, 2.45) is 7.05 Å². The number of halogens is 6. The summed E-state index contributed by atoms with van der Waals surface area (Å²) in [6.07, 6.45) is -7.90. The quantitative estimate of drug-likeness (QED) is 0.676. The van der Waals surface area contributed by atoms with Crippen LogP contribution in [0.4, 0.5) is 26.3 Å². The Morgan fingerprint density at radius 3 is 2.31 bits per heavy atom. The van der Waals surface area contributed by atoms with Gasteiger partial charge in [0, 0.05) is 25.3 Å². The van der Waals surface area contributed by atoms with Crippen LogP contribution >= 0.6 is 0 Å². The number of piperidine rings is 1. The zero-order valence-electron chi connectivity index (χ0n) is 17.2. The highest BCUT2D eigenvalue weighted by atomic mass is 19.4. The smallest absolute Gasteiger partial charge is 0.421 e. The number of pyridine rings is 1. The van der Waals surface area contributed by atoms with Crippen molar-refractivity contribution in [1.29, 1.82) is 0 Å². The number of benzene rings is 1. The number of aliphatic hydroxyl groups is 1. The van der Waals surface area contributed by atoms with Gasteiger partial charge in [-0.15, -0.1) is 0 Å². The normalized spacial score (nSPS) is 24.4. The van der Waals surface area contributed by atoms with Crippen LogP contribution < -0.4 is 15.6 Å². The van der Waals surface area contributed by atoms with Gasteiger partial charge in [-0.2, -0.15) is 26.3 Å². The summed E-state index contributed by atoms with van der Waals surface area (Å²) in [5.74, 6) is -0.169. The molecular formula is C21H22F6N2O3. The number of ether oxygens (including phenoxy) is 1. The van der Waals surface area contributed by atoms with E-state index in [9.17, 15) is 36.2 Å². The number of alkyl halides is 6. The topological polar surface area (TPSA) is 63.5 Å². The first-order valence-corrected chi connectivity index (χ1v) is 9.76. The summed E-state index contributed by atoms with van der Waals surface area (Å²) < 4.78 is 83.9. The number of rotatable bonds is 4. The summed E-state index contributed by atoms with van der Waals surface area (Å²) in [7, 11) is 1.18. The predicted molar refractivity (Wildman–Crippen MR) is 103 cm³/mol. The largest absolute Gasteiger partial charge is 0.490 e. The summed E-state index contributed by atoms with van der Waals surface area (Å²) >= 11 is 0. The molecular weight excluding hydrogens is 442 g/mol. The van der Waals surface area contributed by atoms with Gasteiger partial charge in [0.2, 0.25) is 0 Å². The third-order valence-electron chi connectivity index (χ3n) is 5.41. The Labute approximate surface area is 179 Å². The van der Waals surface area contributed by atoms with Crippen molar-refractivity contribution in [2.45, 2.75) is 49.8 Å². The Hall–Kier alpha value is -2.53. The van der Waals surface area contributed by atoms with E-state index in [1.807, 2.05) is 0 Å². The maximum Gasteiger partial charge on any atom is 0.421 e. The summed E-state index contributed by atoms with van der Waals surface area (Å²) in [4.78, 5) is 11.7. The fraction of sp³-hybridized carbons (Fsp3) is 0.476. The van der Waals surface area contributed by atoms with Crippen LogP contribution in [0, 0.1) is 0 Å². The number of aromatic nitrogens is 1. The van der Waals surface area contributed by atoms with Crippen LogP contribution in [0.15, 0.2) is 41.3 Å². The Morgan fingerprint density at radius 1 is 1.12 bits per heavy atom. The molecule has 3 atom stereocenters. The summed E-state index contributed by atoms with van der Waals surface area (Å²) in [5.41, 5.74) is -4.52. The average Bonchev–Trinajstić information content (AvgIpc) is 2.66. The molecule has 0 aliphatic carbocycles. The minimum absolute atomic E-state index is 0.0700. The van der Waals surface area contributed by atoms with E-state index in [4.69, 9.17) is 4.74 Å². The summed E-state index contributed by atoms with van der Waals surface area (Å²) in [6, 6.07) is 4.12. The van der Waals surface area contributed by atoms with Crippen molar-refractivity contribution in [3.63, 3.8) is 0 Å². The predicted octanol–water partition coefficient (Wildman–Crippen LogP) is 3.83. The van der Waals surface area contributed by atoms with Crippen LogP contribution in [-0.4, -0.2) is 28.4 Å². The molecule has 32 heavy (non-hydrogen) atoms. The van der Waals surface area contributed by atoms with E-state index in [1.165, 1.54) is 19.2 Å². The molecule has 0 bridgehead atoms. The molecule has 0 spiro atoms. The molecule has 3 unspecified atom stereocenters. The molecule has 3 rings (SSSR count). The van der Waals surface area contributed by atoms with Gasteiger partial charge in [0.15, 0.2) is 0 Å². The Morgan fingerprint density at radius 2 is 1.75 bits per heavy atom. The molecule has 1 aromatic carbocycles. The Bertz CT molecular complexity index is 1020. The van der Waals surface area contributed by atoms with Crippen LogP contribution in [0.25, 0.3) is 0 Å². The third kappa shape index (κ3) is 5.26. The van der Waals surface area contributed by atoms with Crippen LogP contribution in [0.2, 0.25) is 0 Å². The summed E-state index contributed by atoms with van der Waals surface area (Å²) in [6.45, 7) is 1.65. The van der Waals surface area contributed by atoms with E-state index in [0.717, 1.165) is 22.9 Å². The number of aryl methyl sites for hydroxylation is 1. The number of hydrogen-bond donors (Lipinski definition) is 2. The molecule has 1 fully saturated rings. The Balaban J connectivity index is 1.76. The molecule has 0 amide bonds. The molecule has 0 saturated carbocycles. The maximum absolute atomic E-state index is 13.1. The second kappa shape index (κ2) is 8.43. The third-order valence-corrected chi connectivity index (χ3v) is 5.41. The molecule has 1 aliphatic rings. The molecule has 11 heteroatoms. The van der Waals surface area contributed by atoms with Crippen molar-refractivity contribution >= 4 is 0 Å². The second-order valence-electron chi connectivity index (χ2n) is 8.09. The second-order valence-corrected chi connectivity index (χ2v) is 8.09. The van der Waals surface area contributed by atoms with E-state index in [-0.39, 0.29) is 31.2 Å². The number of hydrogen-bond acceptors (Lipinski definition) is 4. The zero-order valence-corrected chi connectivity index (χ0v) is 17.2. The van der Waals surface area contributed by atoms with E-state index in [2.05, 4.69) is 5.32 Å². The SMILES string of the molecule is CC1CC(O)(c2ccc(C(F)(F)F)cc2)CC(COc2cc(C(F)(F)F)c(=O)n(C)c2)N1. The first kappa shape index (κ1) is 24.1. The van der Waals surface area contributed by atoms with Crippen molar-refractivity contribution < 1.29 is 36.2 Å². The van der Waals surface area contributed by atoms with Crippen LogP contribution in [-0.2, 0) is 25.0 Å². The molecule has 1 aromatic heterocycles. The molecule has 2 aromatic rings. The minimum atomic E-state index is -4.84. The van der Waals surface area contributed by atoms with Gasteiger partial charge in [-0.25, -0.2) is 0 Å². The van der Waals surface area contributed by atoms with Crippen molar-refractivity contribution in [3.05, 3.63) is 63.6 Å². The van der Waals surface area contributed by atoms with Gasteiger partial charge in [0.05, 0.1) is 11.2 Å². The highest BCUT2D eigenvalue weighted by molar-refractivity contribution is 5.30. The molecule has 1 aliphatic heterocycles. The van der Waals surface area contributed by atoms with E-state index < -0.39 is 40.7 Å². The standard InChI is InChI=1S/C21H22F6N2O3/c1-12-8-19(31,13-3-5-14(6-4-13)20(22,23)24)9-15(28-12)11-32-16-7-17(21(25,26)27)18(30)29(2)10-16/h3-7,10,12,15,28,31H,8-9,11H2,1-2H3.